The van der Waals surface area contributed by atoms with E-state index in [0.717, 1.165) is 27.6 Å². The molecule has 2 heterocycles. The maximum absolute atomic E-state index is 12.2. The van der Waals surface area contributed by atoms with Crippen molar-refractivity contribution in [1.29, 1.82) is 0 Å². The first-order valence-electron chi connectivity index (χ1n) is 9.01. The molecule has 0 spiro atoms. The second kappa shape index (κ2) is 10.1. The van der Waals surface area contributed by atoms with Gasteiger partial charge in [-0.05, 0) is 19.9 Å². The van der Waals surface area contributed by atoms with Crippen LogP contribution in [0.1, 0.15) is 28.7 Å². The number of amides is 1. The standard InChI is InChI=1S/C20H20N4O3S2/c1-3-27-19(26)18-13(2)23-20(29-18)24-16(25)9-10-28-17-11-15(21-12-22-17)14-7-5-4-6-8-14/h4-8,11-12H,3,9-10H2,1-2H3,(H,23,24,25). The molecular formula is C20H20N4O3S2. The second-order valence-corrected chi connectivity index (χ2v) is 8.02. The van der Waals surface area contributed by atoms with Crippen LogP contribution in [0.2, 0.25) is 0 Å². The van der Waals surface area contributed by atoms with Crippen LogP contribution < -0.4 is 5.32 Å². The third kappa shape index (κ3) is 5.85. The number of nitrogens with zero attached hydrogens (tertiary/aromatic N) is 3. The van der Waals surface area contributed by atoms with E-state index in [-0.39, 0.29) is 5.91 Å². The number of hydrogen-bond acceptors (Lipinski definition) is 8. The van der Waals surface area contributed by atoms with Gasteiger partial charge < -0.3 is 10.1 Å². The van der Waals surface area contributed by atoms with Crippen molar-refractivity contribution in [2.45, 2.75) is 25.3 Å². The van der Waals surface area contributed by atoms with Crippen LogP contribution in [-0.2, 0) is 9.53 Å². The van der Waals surface area contributed by atoms with Gasteiger partial charge >= 0.3 is 5.97 Å². The minimum atomic E-state index is -0.420. The Labute approximate surface area is 177 Å². The number of carbonyl (C=O) groups is 2. The summed E-state index contributed by atoms with van der Waals surface area (Å²) in [7, 11) is 0. The van der Waals surface area contributed by atoms with Crippen LogP contribution in [0, 0.1) is 6.92 Å². The Bertz CT molecular complexity index is 992. The summed E-state index contributed by atoms with van der Waals surface area (Å²) in [5.41, 5.74) is 2.41. The van der Waals surface area contributed by atoms with Crippen molar-refractivity contribution in [3.8, 4) is 11.3 Å². The number of thioether (sulfide) groups is 1. The van der Waals surface area contributed by atoms with E-state index in [2.05, 4.69) is 20.3 Å². The first kappa shape index (κ1) is 20.9. The summed E-state index contributed by atoms with van der Waals surface area (Å²) in [6.45, 7) is 3.76. The summed E-state index contributed by atoms with van der Waals surface area (Å²) < 4.78 is 4.99. The Kier molecular flexibility index (Phi) is 7.31. The fraction of sp³-hybridized carbons (Fsp3) is 0.250. The summed E-state index contributed by atoms with van der Waals surface area (Å²) in [5.74, 6) is -0.0258. The third-order valence-electron chi connectivity index (χ3n) is 3.79. The molecule has 0 saturated carbocycles. The van der Waals surface area contributed by atoms with E-state index in [9.17, 15) is 9.59 Å². The summed E-state index contributed by atoms with van der Waals surface area (Å²) in [6.07, 6.45) is 1.82. The van der Waals surface area contributed by atoms with Crippen molar-refractivity contribution < 1.29 is 14.3 Å². The lowest BCUT2D eigenvalue weighted by atomic mass is 10.1. The van der Waals surface area contributed by atoms with E-state index in [1.165, 1.54) is 18.1 Å². The van der Waals surface area contributed by atoms with Gasteiger partial charge in [-0.3, -0.25) is 4.79 Å². The van der Waals surface area contributed by atoms with Gasteiger partial charge in [0.2, 0.25) is 5.91 Å². The zero-order valence-corrected chi connectivity index (χ0v) is 17.7. The normalized spacial score (nSPS) is 10.6. The van der Waals surface area contributed by atoms with E-state index in [1.54, 1.807) is 13.8 Å². The largest absolute Gasteiger partial charge is 0.462 e. The summed E-state index contributed by atoms with van der Waals surface area (Å²) in [5, 5.41) is 3.94. The number of rotatable bonds is 8. The fourth-order valence-corrected chi connectivity index (χ4v) is 4.14. The molecule has 1 aromatic carbocycles. The van der Waals surface area contributed by atoms with Crippen LogP contribution in [0.4, 0.5) is 5.13 Å². The summed E-state index contributed by atoms with van der Waals surface area (Å²) in [6, 6.07) is 11.8. The lowest BCUT2D eigenvalue weighted by molar-refractivity contribution is -0.115. The molecule has 0 radical (unpaired) electrons. The number of thiazole rings is 1. The average molecular weight is 429 g/mol. The Hall–Kier alpha value is -2.78. The molecular weight excluding hydrogens is 408 g/mol. The molecule has 2 aromatic heterocycles. The molecule has 1 N–H and O–H groups in total. The van der Waals surface area contributed by atoms with E-state index >= 15 is 0 Å². The number of carbonyl (C=O) groups excluding carboxylic acids is 2. The van der Waals surface area contributed by atoms with Crippen LogP contribution >= 0.6 is 23.1 Å². The van der Waals surface area contributed by atoms with Gasteiger partial charge in [0.15, 0.2) is 5.13 Å². The average Bonchev–Trinajstić information content (AvgIpc) is 3.09. The zero-order valence-electron chi connectivity index (χ0n) is 16.0. The Balaban J connectivity index is 1.52. The van der Waals surface area contributed by atoms with Gasteiger partial charge in [0, 0.05) is 17.7 Å². The number of aryl methyl sites for hydroxylation is 1. The number of esters is 1. The second-order valence-electron chi connectivity index (χ2n) is 5.91. The maximum atomic E-state index is 12.2. The number of benzene rings is 1. The van der Waals surface area contributed by atoms with Gasteiger partial charge in [-0.2, -0.15) is 0 Å². The predicted octanol–water partition coefficient (Wildman–Crippen LogP) is 4.21. The number of anilines is 1. The molecule has 29 heavy (non-hydrogen) atoms. The third-order valence-corrected chi connectivity index (χ3v) is 5.77. The fourth-order valence-electron chi connectivity index (χ4n) is 2.45. The van der Waals surface area contributed by atoms with E-state index in [1.807, 2.05) is 36.4 Å². The molecule has 3 aromatic rings. The Morgan fingerprint density at radius 1 is 1.21 bits per heavy atom. The number of hydrogen-bond donors (Lipinski definition) is 1. The highest BCUT2D eigenvalue weighted by atomic mass is 32.2. The van der Waals surface area contributed by atoms with Gasteiger partial charge in [-0.1, -0.05) is 41.7 Å². The first-order valence-corrected chi connectivity index (χ1v) is 10.8. The molecule has 1 amide bonds. The molecule has 0 atom stereocenters. The van der Waals surface area contributed by atoms with Gasteiger partial charge in [0.05, 0.1) is 23.0 Å². The molecule has 0 aliphatic carbocycles. The highest BCUT2D eigenvalue weighted by molar-refractivity contribution is 7.99. The van der Waals surface area contributed by atoms with Gasteiger partial charge in [-0.15, -0.1) is 11.8 Å². The molecule has 0 aliphatic rings. The minimum absolute atomic E-state index is 0.168. The van der Waals surface area contributed by atoms with Crippen molar-refractivity contribution in [2.24, 2.45) is 0 Å². The molecule has 0 fully saturated rings. The van der Waals surface area contributed by atoms with Crippen molar-refractivity contribution in [1.82, 2.24) is 15.0 Å². The quantitative estimate of drug-likeness (QED) is 0.326. The van der Waals surface area contributed by atoms with Crippen LogP contribution in [0.3, 0.4) is 0 Å². The summed E-state index contributed by atoms with van der Waals surface area (Å²) in [4.78, 5) is 37.2. The number of ether oxygens (including phenoxy) is 1. The molecule has 150 valence electrons. The molecule has 0 bridgehead atoms. The van der Waals surface area contributed by atoms with Crippen molar-refractivity contribution >= 4 is 40.1 Å². The molecule has 9 heteroatoms. The molecule has 7 nitrogen and oxygen atoms in total. The number of nitrogens with one attached hydrogen (secondary N) is 1. The van der Waals surface area contributed by atoms with Crippen LogP contribution in [0.15, 0.2) is 47.8 Å². The number of aromatic nitrogens is 3. The molecule has 0 aliphatic heterocycles. The van der Waals surface area contributed by atoms with E-state index in [4.69, 9.17) is 4.74 Å². The topological polar surface area (TPSA) is 94.1 Å². The van der Waals surface area contributed by atoms with Crippen LogP contribution in [-0.4, -0.2) is 39.2 Å². The molecule has 3 rings (SSSR count). The van der Waals surface area contributed by atoms with E-state index < -0.39 is 5.97 Å². The van der Waals surface area contributed by atoms with E-state index in [0.29, 0.717) is 34.5 Å². The van der Waals surface area contributed by atoms with Crippen molar-refractivity contribution in [2.75, 3.05) is 17.7 Å². The van der Waals surface area contributed by atoms with Crippen LogP contribution in [0.25, 0.3) is 11.3 Å². The maximum Gasteiger partial charge on any atom is 0.350 e. The lowest BCUT2D eigenvalue weighted by Gasteiger charge is -2.04. The highest BCUT2D eigenvalue weighted by Gasteiger charge is 2.17. The Morgan fingerprint density at radius 2 is 2.00 bits per heavy atom. The smallest absolute Gasteiger partial charge is 0.350 e. The molecule has 0 unspecified atom stereocenters. The van der Waals surface area contributed by atoms with Crippen LogP contribution in [0.5, 0.6) is 0 Å². The zero-order chi connectivity index (χ0) is 20.6. The summed E-state index contributed by atoms with van der Waals surface area (Å²) >= 11 is 2.61. The van der Waals surface area contributed by atoms with Gasteiger partial charge in [0.25, 0.3) is 0 Å². The van der Waals surface area contributed by atoms with Gasteiger partial charge in [0.1, 0.15) is 11.2 Å². The first-order chi connectivity index (χ1) is 14.1. The Morgan fingerprint density at radius 3 is 2.76 bits per heavy atom. The highest BCUT2D eigenvalue weighted by Crippen LogP contribution is 2.25. The SMILES string of the molecule is CCOC(=O)c1sc(NC(=O)CCSc2cc(-c3ccccc3)ncn2)nc1C. The van der Waals surface area contributed by atoms with Crippen molar-refractivity contribution in [3.05, 3.63) is 53.3 Å². The predicted molar refractivity (Wildman–Crippen MR) is 114 cm³/mol. The lowest BCUT2D eigenvalue weighted by Crippen LogP contribution is -2.12. The molecule has 0 saturated heterocycles. The van der Waals surface area contributed by atoms with Crippen molar-refractivity contribution in [3.63, 3.8) is 0 Å². The monoisotopic (exact) mass is 428 g/mol. The minimum Gasteiger partial charge on any atom is -0.462 e. The van der Waals surface area contributed by atoms with Gasteiger partial charge in [-0.25, -0.2) is 19.7 Å².